The molecule has 1 heterocycles. The number of aromatic nitrogens is 1. The Hall–Kier alpha value is -1.83. The summed E-state index contributed by atoms with van der Waals surface area (Å²) in [5.41, 5.74) is 4.19. The molecule has 1 aliphatic rings. The van der Waals surface area contributed by atoms with E-state index < -0.39 is 0 Å². The number of fused-ring (bicyclic) bond motifs is 1. The van der Waals surface area contributed by atoms with Gasteiger partial charge in [-0.05, 0) is 48.9 Å². The van der Waals surface area contributed by atoms with E-state index in [1.165, 1.54) is 29.5 Å². The van der Waals surface area contributed by atoms with E-state index in [1.807, 2.05) is 6.20 Å². The van der Waals surface area contributed by atoms with Crippen molar-refractivity contribution in [1.29, 1.82) is 0 Å². The lowest BCUT2D eigenvalue weighted by Gasteiger charge is -2.25. The normalized spacial score (nSPS) is 18.2. The number of hydrogen-bond donors (Lipinski definition) is 1. The van der Waals surface area contributed by atoms with Crippen molar-refractivity contribution in [2.75, 3.05) is 5.32 Å². The maximum absolute atomic E-state index is 4.42. The van der Waals surface area contributed by atoms with E-state index in [0.29, 0.717) is 6.04 Å². The Morgan fingerprint density at radius 3 is 2.72 bits per heavy atom. The fraction of sp³-hybridized carbons (Fsp3) is 0.312. The second-order valence-electron chi connectivity index (χ2n) is 5.07. The highest BCUT2D eigenvalue weighted by molar-refractivity contribution is 5.39. The molecule has 0 aliphatic heterocycles. The quantitative estimate of drug-likeness (QED) is 0.867. The van der Waals surface area contributed by atoms with E-state index in [9.17, 15) is 0 Å². The van der Waals surface area contributed by atoms with Gasteiger partial charge in [0.1, 0.15) is 5.82 Å². The first-order chi connectivity index (χ1) is 8.81. The highest BCUT2D eigenvalue weighted by Gasteiger charge is 2.17. The number of anilines is 1. The Morgan fingerprint density at radius 1 is 1.11 bits per heavy atom. The molecule has 0 fully saturated rings. The lowest BCUT2D eigenvalue weighted by atomic mass is 9.88. The molecule has 0 saturated heterocycles. The van der Waals surface area contributed by atoms with Crippen molar-refractivity contribution in [3.8, 4) is 0 Å². The zero-order valence-corrected chi connectivity index (χ0v) is 10.7. The summed E-state index contributed by atoms with van der Waals surface area (Å²) in [6.07, 6.45) is 5.37. The third-order valence-corrected chi connectivity index (χ3v) is 3.61. The third-order valence-electron chi connectivity index (χ3n) is 3.61. The molecule has 1 unspecified atom stereocenters. The second kappa shape index (κ2) is 4.81. The van der Waals surface area contributed by atoms with Crippen molar-refractivity contribution < 1.29 is 0 Å². The fourth-order valence-corrected chi connectivity index (χ4v) is 2.58. The molecule has 0 saturated carbocycles. The molecule has 92 valence electrons. The first kappa shape index (κ1) is 11.3. The van der Waals surface area contributed by atoms with Crippen LogP contribution >= 0.6 is 0 Å². The van der Waals surface area contributed by atoms with Gasteiger partial charge in [-0.3, -0.25) is 0 Å². The van der Waals surface area contributed by atoms with Crippen LogP contribution in [0.2, 0.25) is 0 Å². The summed E-state index contributed by atoms with van der Waals surface area (Å²) in [5.74, 6) is 0.991. The fourth-order valence-electron chi connectivity index (χ4n) is 2.58. The minimum atomic E-state index is 0.509. The zero-order chi connectivity index (χ0) is 12.4. The van der Waals surface area contributed by atoms with Crippen molar-refractivity contribution in [3.63, 3.8) is 0 Å². The molecule has 1 aromatic carbocycles. The number of nitrogens with one attached hydrogen (secondary N) is 1. The zero-order valence-electron chi connectivity index (χ0n) is 10.7. The Bertz CT molecular complexity index is 531. The summed E-state index contributed by atoms with van der Waals surface area (Å²) in [7, 11) is 0. The minimum absolute atomic E-state index is 0.509. The number of pyridine rings is 1. The predicted molar refractivity (Wildman–Crippen MR) is 74.9 cm³/mol. The largest absolute Gasteiger partial charge is 0.367 e. The van der Waals surface area contributed by atoms with E-state index in [-0.39, 0.29) is 0 Å². The third kappa shape index (κ3) is 2.37. The molecule has 0 spiro atoms. The molecule has 2 aromatic rings. The summed E-state index contributed by atoms with van der Waals surface area (Å²) >= 11 is 0. The summed E-state index contributed by atoms with van der Waals surface area (Å²) in [6.45, 7) is 2.06. The van der Waals surface area contributed by atoms with Crippen LogP contribution in [0.25, 0.3) is 0 Å². The van der Waals surface area contributed by atoms with Gasteiger partial charge in [0.25, 0.3) is 0 Å². The summed E-state index contributed by atoms with van der Waals surface area (Å²) in [5, 5.41) is 3.54. The van der Waals surface area contributed by atoms with Gasteiger partial charge in [-0.25, -0.2) is 4.98 Å². The molecule has 2 heteroatoms. The lowest BCUT2D eigenvalue weighted by Crippen LogP contribution is -2.27. The number of benzene rings is 1. The minimum Gasteiger partial charge on any atom is -0.367 e. The van der Waals surface area contributed by atoms with Crippen LogP contribution in [0.15, 0.2) is 42.6 Å². The van der Waals surface area contributed by atoms with Crippen molar-refractivity contribution in [2.24, 2.45) is 0 Å². The van der Waals surface area contributed by atoms with Gasteiger partial charge in [0.15, 0.2) is 0 Å². The molecular formula is C16H18N2. The topological polar surface area (TPSA) is 24.9 Å². The number of aryl methyl sites for hydroxylation is 2. The standard InChI is InChI=1S/C16H18N2/c1-12-6-9-16(17-11-12)18-15-8-7-13-4-2-3-5-14(13)10-15/h2-6,9,11,15H,7-8,10H2,1H3,(H,17,18). The molecule has 0 radical (unpaired) electrons. The molecule has 18 heavy (non-hydrogen) atoms. The van der Waals surface area contributed by atoms with Gasteiger partial charge in [0.2, 0.25) is 0 Å². The summed E-state index contributed by atoms with van der Waals surface area (Å²) in [4.78, 5) is 4.42. The lowest BCUT2D eigenvalue weighted by molar-refractivity contribution is 0.609. The van der Waals surface area contributed by atoms with Crippen LogP contribution in [0.4, 0.5) is 5.82 Å². The van der Waals surface area contributed by atoms with Gasteiger partial charge in [0.05, 0.1) is 0 Å². The SMILES string of the molecule is Cc1ccc(NC2CCc3ccccc3C2)nc1. The van der Waals surface area contributed by atoms with Crippen molar-refractivity contribution in [3.05, 3.63) is 59.3 Å². The predicted octanol–water partition coefficient (Wildman–Crippen LogP) is 3.36. The number of nitrogens with zero attached hydrogens (tertiary/aromatic N) is 1. The van der Waals surface area contributed by atoms with Gasteiger partial charge >= 0.3 is 0 Å². The van der Waals surface area contributed by atoms with Gasteiger partial charge < -0.3 is 5.32 Å². The Kier molecular flexibility index (Phi) is 3.01. The molecule has 1 aromatic heterocycles. The van der Waals surface area contributed by atoms with Crippen molar-refractivity contribution >= 4 is 5.82 Å². The van der Waals surface area contributed by atoms with Crippen LogP contribution in [0, 0.1) is 6.92 Å². The van der Waals surface area contributed by atoms with E-state index >= 15 is 0 Å². The average Bonchev–Trinajstić information content (AvgIpc) is 2.41. The first-order valence-electron chi connectivity index (χ1n) is 6.57. The summed E-state index contributed by atoms with van der Waals surface area (Å²) in [6, 6.07) is 13.4. The van der Waals surface area contributed by atoms with E-state index in [0.717, 1.165) is 12.2 Å². The Balaban J connectivity index is 1.71. The Morgan fingerprint density at radius 2 is 1.94 bits per heavy atom. The van der Waals surface area contributed by atoms with E-state index in [1.54, 1.807) is 0 Å². The Labute approximate surface area is 108 Å². The summed E-state index contributed by atoms with van der Waals surface area (Å²) < 4.78 is 0. The molecule has 1 aliphatic carbocycles. The maximum Gasteiger partial charge on any atom is 0.126 e. The smallest absolute Gasteiger partial charge is 0.126 e. The molecule has 1 atom stereocenters. The van der Waals surface area contributed by atoms with Crippen LogP contribution < -0.4 is 5.32 Å². The van der Waals surface area contributed by atoms with Crippen LogP contribution in [-0.2, 0) is 12.8 Å². The molecule has 2 nitrogen and oxygen atoms in total. The highest BCUT2D eigenvalue weighted by atomic mass is 15.0. The van der Waals surface area contributed by atoms with Crippen molar-refractivity contribution in [1.82, 2.24) is 4.98 Å². The van der Waals surface area contributed by atoms with Gasteiger partial charge in [-0.2, -0.15) is 0 Å². The highest BCUT2D eigenvalue weighted by Crippen LogP contribution is 2.23. The van der Waals surface area contributed by atoms with Crippen LogP contribution in [0.5, 0.6) is 0 Å². The molecule has 0 bridgehead atoms. The maximum atomic E-state index is 4.42. The first-order valence-corrected chi connectivity index (χ1v) is 6.57. The second-order valence-corrected chi connectivity index (χ2v) is 5.07. The number of rotatable bonds is 2. The number of hydrogen-bond acceptors (Lipinski definition) is 2. The van der Waals surface area contributed by atoms with Crippen LogP contribution in [0.3, 0.4) is 0 Å². The van der Waals surface area contributed by atoms with E-state index in [4.69, 9.17) is 0 Å². The molecular weight excluding hydrogens is 220 g/mol. The molecule has 1 N–H and O–H groups in total. The van der Waals surface area contributed by atoms with Gasteiger partial charge in [-0.15, -0.1) is 0 Å². The van der Waals surface area contributed by atoms with Gasteiger partial charge in [0, 0.05) is 12.2 Å². The molecule has 3 rings (SSSR count). The van der Waals surface area contributed by atoms with Gasteiger partial charge in [-0.1, -0.05) is 30.3 Å². The van der Waals surface area contributed by atoms with E-state index in [2.05, 4.69) is 53.6 Å². The molecule has 0 amide bonds. The van der Waals surface area contributed by atoms with Crippen LogP contribution in [-0.4, -0.2) is 11.0 Å². The van der Waals surface area contributed by atoms with Crippen molar-refractivity contribution in [2.45, 2.75) is 32.2 Å². The van der Waals surface area contributed by atoms with Crippen LogP contribution in [0.1, 0.15) is 23.1 Å². The monoisotopic (exact) mass is 238 g/mol. The average molecular weight is 238 g/mol.